The number of nitrogens with zero attached hydrogens (tertiary/aromatic N) is 1. The van der Waals surface area contributed by atoms with E-state index in [-0.39, 0.29) is 32.0 Å². The summed E-state index contributed by atoms with van der Waals surface area (Å²) < 4.78 is 34.1. The van der Waals surface area contributed by atoms with Crippen molar-refractivity contribution in [2.24, 2.45) is 0 Å². The Morgan fingerprint density at radius 3 is 1.22 bits per heavy atom. The minimum Gasteiger partial charge on any atom is -0.756 e. The van der Waals surface area contributed by atoms with Crippen LogP contribution >= 0.6 is 7.82 Å². The third-order valence-corrected chi connectivity index (χ3v) is 13.7. The van der Waals surface area contributed by atoms with Gasteiger partial charge in [-0.15, -0.1) is 0 Å². The van der Waals surface area contributed by atoms with Gasteiger partial charge in [-0.2, -0.15) is 0 Å². The van der Waals surface area contributed by atoms with Gasteiger partial charge in [0, 0.05) is 12.8 Å². The Labute approximate surface area is 415 Å². The van der Waals surface area contributed by atoms with Crippen molar-refractivity contribution in [3.63, 3.8) is 0 Å². The number of phosphoric acid groups is 1. The monoisotopic (exact) mass is 968 g/mol. The maximum absolute atomic E-state index is 12.7. The number of hydrogen-bond acceptors (Lipinski definition) is 8. The molecular formula is C57H110NO8P. The van der Waals surface area contributed by atoms with Crippen LogP contribution in [-0.4, -0.2) is 70.0 Å². The second-order valence-corrected chi connectivity index (χ2v) is 22.1. The zero-order chi connectivity index (χ0) is 49.2. The maximum atomic E-state index is 12.7. The molecule has 0 spiro atoms. The quantitative estimate of drug-likeness (QED) is 0.0195. The van der Waals surface area contributed by atoms with Crippen molar-refractivity contribution >= 4 is 19.8 Å². The van der Waals surface area contributed by atoms with E-state index in [1.165, 1.54) is 180 Å². The van der Waals surface area contributed by atoms with Crippen LogP contribution in [0.15, 0.2) is 24.3 Å². The van der Waals surface area contributed by atoms with Gasteiger partial charge in [0.15, 0.2) is 6.10 Å². The summed E-state index contributed by atoms with van der Waals surface area (Å²) in [6, 6.07) is 0. The van der Waals surface area contributed by atoms with E-state index >= 15 is 0 Å². The number of likely N-dealkylation sites (N-methyl/N-ethyl adjacent to an activating group) is 1. The van der Waals surface area contributed by atoms with Crippen LogP contribution in [0.5, 0.6) is 0 Å². The first-order valence-electron chi connectivity index (χ1n) is 28.5. The van der Waals surface area contributed by atoms with Gasteiger partial charge >= 0.3 is 11.9 Å². The number of esters is 2. The highest BCUT2D eigenvalue weighted by molar-refractivity contribution is 7.45. The molecule has 0 aromatic heterocycles. The van der Waals surface area contributed by atoms with Crippen LogP contribution in [-0.2, 0) is 32.7 Å². The van der Waals surface area contributed by atoms with Gasteiger partial charge in [0.2, 0.25) is 0 Å². The van der Waals surface area contributed by atoms with E-state index in [0.717, 1.165) is 64.2 Å². The normalized spacial score (nSPS) is 13.5. The fourth-order valence-electron chi connectivity index (χ4n) is 8.26. The van der Waals surface area contributed by atoms with Crippen LogP contribution in [0, 0.1) is 0 Å². The number of ether oxygens (including phenoxy) is 2. The second kappa shape index (κ2) is 49.5. The van der Waals surface area contributed by atoms with E-state index in [0.29, 0.717) is 17.4 Å². The molecule has 2 unspecified atom stereocenters. The molecular weight excluding hydrogens is 858 g/mol. The Morgan fingerprint density at radius 2 is 0.821 bits per heavy atom. The standard InChI is InChI=1S/C57H110NO8P/c1-6-8-10-12-14-16-18-20-22-23-24-25-26-27-28-29-30-31-32-33-34-35-36-38-39-41-43-45-47-49-56(59)63-53-55(54-65-67(61,62)64-52-51-58(3,4)5)66-57(60)50-48-46-44-42-40-37-21-19-17-15-13-11-9-7-2/h13,15,19,21,55H,6-12,14,16-18,20,22-54H2,1-5H3/b15-13-,21-19-. The Hall–Kier alpha value is -1.51. The zero-order valence-corrected chi connectivity index (χ0v) is 45.8. The maximum Gasteiger partial charge on any atom is 0.306 e. The summed E-state index contributed by atoms with van der Waals surface area (Å²) in [4.78, 5) is 37.7. The summed E-state index contributed by atoms with van der Waals surface area (Å²) in [7, 11) is 1.17. The molecule has 0 saturated heterocycles. The average molecular weight is 968 g/mol. The first-order valence-corrected chi connectivity index (χ1v) is 30.0. The zero-order valence-electron chi connectivity index (χ0n) is 44.9. The summed E-state index contributed by atoms with van der Waals surface area (Å²) in [5.41, 5.74) is 0. The molecule has 0 aromatic rings. The summed E-state index contributed by atoms with van der Waals surface area (Å²) >= 11 is 0. The number of hydrogen-bond donors (Lipinski definition) is 0. The van der Waals surface area contributed by atoms with Gasteiger partial charge < -0.3 is 27.9 Å². The van der Waals surface area contributed by atoms with Gasteiger partial charge in [-0.05, 0) is 38.5 Å². The molecule has 0 amide bonds. The first-order chi connectivity index (χ1) is 32.5. The van der Waals surface area contributed by atoms with E-state index in [2.05, 4.69) is 38.2 Å². The van der Waals surface area contributed by atoms with Crippen LogP contribution in [0.25, 0.3) is 0 Å². The van der Waals surface area contributed by atoms with Crippen LogP contribution in [0.3, 0.4) is 0 Å². The Bertz CT molecular complexity index is 1190. The molecule has 0 aromatic carbocycles. The van der Waals surface area contributed by atoms with Gasteiger partial charge in [-0.3, -0.25) is 14.2 Å². The average Bonchev–Trinajstić information content (AvgIpc) is 3.29. The molecule has 0 aliphatic rings. The van der Waals surface area contributed by atoms with Crippen molar-refractivity contribution in [3.8, 4) is 0 Å². The molecule has 2 atom stereocenters. The van der Waals surface area contributed by atoms with Gasteiger partial charge in [0.1, 0.15) is 19.8 Å². The number of unbranched alkanes of at least 4 members (excludes halogenated alkanes) is 35. The molecule has 0 N–H and O–H groups in total. The molecule has 0 aliphatic heterocycles. The van der Waals surface area contributed by atoms with E-state index in [1.54, 1.807) is 0 Å². The van der Waals surface area contributed by atoms with E-state index < -0.39 is 26.5 Å². The number of rotatable bonds is 53. The Kier molecular flexibility index (Phi) is 48.4. The van der Waals surface area contributed by atoms with Gasteiger partial charge in [-0.1, -0.05) is 250 Å². The van der Waals surface area contributed by atoms with E-state index in [4.69, 9.17) is 18.5 Å². The van der Waals surface area contributed by atoms with Crippen molar-refractivity contribution in [2.45, 2.75) is 283 Å². The minimum absolute atomic E-state index is 0.0316. The van der Waals surface area contributed by atoms with E-state index in [9.17, 15) is 19.0 Å². The second-order valence-electron chi connectivity index (χ2n) is 20.7. The molecule has 0 bridgehead atoms. The summed E-state index contributed by atoms with van der Waals surface area (Å²) in [6.45, 7) is 4.22. The van der Waals surface area contributed by atoms with Crippen molar-refractivity contribution in [3.05, 3.63) is 24.3 Å². The Morgan fingerprint density at radius 1 is 0.463 bits per heavy atom. The van der Waals surface area contributed by atoms with Crippen LogP contribution < -0.4 is 4.89 Å². The van der Waals surface area contributed by atoms with Gasteiger partial charge in [0.25, 0.3) is 7.82 Å². The highest BCUT2D eigenvalue weighted by Gasteiger charge is 2.22. The predicted molar refractivity (Wildman–Crippen MR) is 282 cm³/mol. The molecule has 0 fully saturated rings. The Balaban J connectivity index is 4.02. The number of quaternary nitrogens is 1. The lowest BCUT2D eigenvalue weighted by atomic mass is 10.0. The van der Waals surface area contributed by atoms with Crippen LogP contribution in [0.1, 0.15) is 277 Å². The highest BCUT2D eigenvalue weighted by atomic mass is 31.2. The lowest BCUT2D eigenvalue weighted by molar-refractivity contribution is -0.870. The van der Waals surface area contributed by atoms with Crippen LogP contribution in [0.4, 0.5) is 0 Å². The third-order valence-electron chi connectivity index (χ3n) is 12.7. The fraction of sp³-hybridized carbons (Fsp3) is 0.895. The largest absolute Gasteiger partial charge is 0.756 e. The van der Waals surface area contributed by atoms with Gasteiger partial charge in [0.05, 0.1) is 27.7 Å². The molecule has 0 saturated carbocycles. The number of allylic oxidation sites excluding steroid dienone is 4. The minimum atomic E-state index is -4.63. The SMILES string of the molecule is CCCC/C=C\C/C=C\CCCCCCCC(=O)OC(COC(=O)CCCCCCCCCCCCCCCCCCCCCCCCCCCCCCC)COP(=O)([O-])OCC[N+](C)(C)C. The number of carbonyl (C=O) groups is 2. The van der Waals surface area contributed by atoms with Crippen LogP contribution in [0.2, 0.25) is 0 Å². The van der Waals surface area contributed by atoms with Crippen molar-refractivity contribution < 1.29 is 42.1 Å². The summed E-state index contributed by atoms with van der Waals surface area (Å²) in [5.74, 6) is -0.837. The molecule has 0 aliphatic carbocycles. The van der Waals surface area contributed by atoms with Crippen molar-refractivity contribution in [1.29, 1.82) is 0 Å². The fourth-order valence-corrected chi connectivity index (χ4v) is 8.99. The molecule has 396 valence electrons. The highest BCUT2D eigenvalue weighted by Crippen LogP contribution is 2.38. The van der Waals surface area contributed by atoms with Crippen molar-refractivity contribution in [1.82, 2.24) is 0 Å². The lowest BCUT2D eigenvalue weighted by Gasteiger charge is -2.28. The molecule has 0 heterocycles. The molecule has 10 heteroatoms. The third kappa shape index (κ3) is 53.7. The molecule has 67 heavy (non-hydrogen) atoms. The van der Waals surface area contributed by atoms with Gasteiger partial charge in [-0.25, -0.2) is 0 Å². The smallest absolute Gasteiger partial charge is 0.306 e. The topological polar surface area (TPSA) is 111 Å². The first kappa shape index (κ1) is 65.5. The number of carbonyl (C=O) groups excluding carboxylic acids is 2. The number of phosphoric ester groups is 1. The lowest BCUT2D eigenvalue weighted by Crippen LogP contribution is -2.37. The van der Waals surface area contributed by atoms with Crippen molar-refractivity contribution in [2.75, 3.05) is 47.5 Å². The summed E-state index contributed by atoms with van der Waals surface area (Å²) in [6.07, 6.45) is 58.1. The predicted octanol–water partition coefficient (Wildman–Crippen LogP) is 16.8. The summed E-state index contributed by atoms with van der Waals surface area (Å²) in [5, 5.41) is 0. The van der Waals surface area contributed by atoms with E-state index in [1.807, 2.05) is 21.1 Å². The molecule has 0 rings (SSSR count). The molecule has 9 nitrogen and oxygen atoms in total. The molecule has 0 radical (unpaired) electrons.